The van der Waals surface area contributed by atoms with Gasteiger partial charge >= 0.3 is 0 Å². The standard InChI is InChI=1S/C13H20N2O/c1-16-8-7-15-10-12-4-2-3-11-9-14-6-5-13(11)12/h2-4,14-15H,5-10H2,1H3. The summed E-state index contributed by atoms with van der Waals surface area (Å²) in [4.78, 5) is 0. The van der Waals surface area contributed by atoms with Crippen LogP contribution in [-0.2, 0) is 24.2 Å². The molecule has 1 aromatic carbocycles. The zero-order valence-electron chi connectivity index (χ0n) is 9.88. The zero-order valence-corrected chi connectivity index (χ0v) is 9.88. The number of benzene rings is 1. The molecule has 1 aliphatic rings. The molecular weight excluding hydrogens is 200 g/mol. The van der Waals surface area contributed by atoms with Crippen molar-refractivity contribution in [3.63, 3.8) is 0 Å². The fraction of sp³-hybridized carbons (Fsp3) is 0.538. The van der Waals surface area contributed by atoms with Crippen LogP contribution in [0.15, 0.2) is 18.2 Å². The molecule has 3 nitrogen and oxygen atoms in total. The lowest BCUT2D eigenvalue weighted by molar-refractivity contribution is 0.199. The average Bonchev–Trinajstić information content (AvgIpc) is 2.35. The Labute approximate surface area is 97.2 Å². The molecule has 0 amide bonds. The first-order chi connectivity index (χ1) is 7.92. The largest absolute Gasteiger partial charge is 0.383 e. The molecule has 0 atom stereocenters. The normalized spacial score (nSPS) is 14.8. The molecule has 0 unspecified atom stereocenters. The summed E-state index contributed by atoms with van der Waals surface area (Å²) in [6.07, 6.45) is 1.15. The second kappa shape index (κ2) is 5.99. The van der Waals surface area contributed by atoms with Gasteiger partial charge < -0.3 is 15.4 Å². The number of hydrogen-bond acceptors (Lipinski definition) is 3. The number of methoxy groups -OCH3 is 1. The van der Waals surface area contributed by atoms with Crippen LogP contribution in [0.25, 0.3) is 0 Å². The number of rotatable bonds is 5. The number of ether oxygens (including phenoxy) is 1. The van der Waals surface area contributed by atoms with Crippen LogP contribution in [0.1, 0.15) is 16.7 Å². The van der Waals surface area contributed by atoms with E-state index in [1.807, 2.05) is 0 Å². The summed E-state index contributed by atoms with van der Waals surface area (Å²) in [7, 11) is 1.73. The first-order valence-corrected chi connectivity index (χ1v) is 5.92. The predicted octanol–water partition coefficient (Wildman–Crippen LogP) is 1.07. The number of hydrogen-bond donors (Lipinski definition) is 2. The fourth-order valence-corrected chi connectivity index (χ4v) is 2.17. The molecule has 2 rings (SSSR count). The van der Waals surface area contributed by atoms with E-state index < -0.39 is 0 Å². The van der Waals surface area contributed by atoms with Crippen LogP contribution in [0, 0.1) is 0 Å². The molecule has 0 bridgehead atoms. The molecule has 1 heterocycles. The van der Waals surface area contributed by atoms with Crippen molar-refractivity contribution in [3.05, 3.63) is 34.9 Å². The third-order valence-electron chi connectivity index (χ3n) is 3.04. The summed E-state index contributed by atoms with van der Waals surface area (Å²) in [5.41, 5.74) is 4.43. The van der Waals surface area contributed by atoms with Gasteiger partial charge in [-0.2, -0.15) is 0 Å². The Kier molecular flexibility index (Phi) is 4.34. The maximum atomic E-state index is 5.02. The van der Waals surface area contributed by atoms with Gasteiger partial charge in [-0.3, -0.25) is 0 Å². The van der Waals surface area contributed by atoms with Gasteiger partial charge in [0.2, 0.25) is 0 Å². The highest BCUT2D eigenvalue weighted by Gasteiger charge is 2.11. The van der Waals surface area contributed by atoms with E-state index in [1.165, 1.54) is 16.7 Å². The van der Waals surface area contributed by atoms with E-state index in [0.29, 0.717) is 0 Å². The quantitative estimate of drug-likeness (QED) is 0.728. The van der Waals surface area contributed by atoms with Gasteiger partial charge in [-0.1, -0.05) is 18.2 Å². The van der Waals surface area contributed by atoms with Gasteiger partial charge in [0, 0.05) is 26.7 Å². The van der Waals surface area contributed by atoms with Gasteiger partial charge in [-0.25, -0.2) is 0 Å². The lowest BCUT2D eigenvalue weighted by Crippen LogP contribution is -2.26. The molecule has 1 aromatic rings. The van der Waals surface area contributed by atoms with E-state index >= 15 is 0 Å². The smallest absolute Gasteiger partial charge is 0.0587 e. The van der Waals surface area contributed by atoms with Crippen molar-refractivity contribution < 1.29 is 4.74 Å². The molecule has 0 aromatic heterocycles. The lowest BCUT2D eigenvalue weighted by atomic mass is 9.95. The van der Waals surface area contributed by atoms with Crippen molar-refractivity contribution in [2.24, 2.45) is 0 Å². The molecule has 0 saturated heterocycles. The van der Waals surface area contributed by atoms with Gasteiger partial charge in [0.25, 0.3) is 0 Å². The Balaban J connectivity index is 1.97. The summed E-state index contributed by atoms with van der Waals surface area (Å²) in [5.74, 6) is 0. The van der Waals surface area contributed by atoms with Crippen molar-refractivity contribution in [2.75, 3.05) is 26.8 Å². The molecule has 0 spiro atoms. The van der Waals surface area contributed by atoms with E-state index in [2.05, 4.69) is 28.8 Å². The second-order valence-electron chi connectivity index (χ2n) is 4.15. The fourth-order valence-electron chi connectivity index (χ4n) is 2.17. The first-order valence-electron chi connectivity index (χ1n) is 5.92. The molecule has 2 N–H and O–H groups in total. The minimum Gasteiger partial charge on any atom is -0.383 e. The lowest BCUT2D eigenvalue weighted by Gasteiger charge is -2.20. The van der Waals surface area contributed by atoms with Crippen molar-refractivity contribution in [1.29, 1.82) is 0 Å². The highest BCUT2D eigenvalue weighted by Crippen LogP contribution is 2.18. The Morgan fingerprint density at radius 1 is 1.44 bits per heavy atom. The zero-order chi connectivity index (χ0) is 11.2. The monoisotopic (exact) mass is 220 g/mol. The van der Waals surface area contributed by atoms with Gasteiger partial charge in [0.05, 0.1) is 6.61 Å². The summed E-state index contributed by atoms with van der Waals surface area (Å²) >= 11 is 0. The molecular formula is C13H20N2O. The predicted molar refractivity (Wildman–Crippen MR) is 65.4 cm³/mol. The van der Waals surface area contributed by atoms with Gasteiger partial charge in [0.15, 0.2) is 0 Å². The van der Waals surface area contributed by atoms with Crippen LogP contribution in [0.4, 0.5) is 0 Å². The molecule has 1 aliphatic heterocycles. The van der Waals surface area contributed by atoms with Crippen molar-refractivity contribution in [3.8, 4) is 0 Å². The molecule has 16 heavy (non-hydrogen) atoms. The number of nitrogens with one attached hydrogen (secondary N) is 2. The molecule has 0 radical (unpaired) electrons. The van der Waals surface area contributed by atoms with Crippen LogP contribution in [0.2, 0.25) is 0 Å². The molecule has 88 valence electrons. The maximum Gasteiger partial charge on any atom is 0.0587 e. The van der Waals surface area contributed by atoms with Gasteiger partial charge in [0.1, 0.15) is 0 Å². The second-order valence-corrected chi connectivity index (χ2v) is 4.15. The Bertz CT molecular complexity index is 339. The van der Waals surface area contributed by atoms with Crippen LogP contribution >= 0.6 is 0 Å². The summed E-state index contributed by atoms with van der Waals surface area (Å²) in [6, 6.07) is 6.60. The summed E-state index contributed by atoms with van der Waals surface area (Å²) < 4.78 is 5.02. The number of fused-ring (bicyclic) bond motifs is 1. The van der Waals surface area contributed by atoms with E-state index in [9.17, 15) is 0 Å². The van der Waals surface area contributed by atoms with Gasteiger partial charge in [-0.15, -0.1) is 0 Å². The van der Waals surface area contributed by atoms with Crippen molar-refractivity contribution >= 4 is 0 Å². The maximum absolute atomic E-state index is 5.02. The highest BCUT2D eigenvalue weighted by atomic mass is 16.5. The van der Waals surface area contributed by atoms with E-state index in [-0.39, 0.29) is 0 Å². The highest BCUT2D eigenvalue weighted by molar-refractivity contribution is 5.36. The molecule has 3 heteroatoms. The van der Waals surface area contributed by atoms with Crippen LogP contribution in [-0.4, -0.2) is 26.8 Å². The Morgan fingerprint density at radius 2 is 2.38 bits per heavy atom. The molecule has 0 aliphatic carbocycles. The summed E-state index contributed by atoms with van der Waals surface area (Å²) in [5, 5.41) is 6.81. The SMILES string of the molecule is COCCNCc1cccc2c1CCNC2. The third-order valence-corrected chi connectivity index (χ3v) is 3.04. The Morgan fingerprint density at radius 3 is 3.25 bits per heavy atom. The topological polar surface area (TPSA) is 33.3 Å². The molecule has 0 saturated carbocycles. The third kappa shape index (κ3) is 2.82. The van der Waals surface area contributed by atoms with Crippen LogP contribution < -0.4 is 10.6 Å². The average molecular weight is 220 g/mol. The van der Waals surface area contributed by atoms with E-state index in [1.54, 1.807) is 7.11 Å². The Hall–Kier alpha value is -0.900. The van der Waals surface area contributed by atoms with Crippen LogP contribution in [0.5, 0.6) is 0 Å². The van der Waals surface area contributed by atoms with Crippen molar-refractivity contribution in [2.45, 2.75) is 19.5 Å². The first kappa shape index (κ1) is 11.6. The van der Waals surface area contributed by atoms with Crippen molar-refractivity contribution in [1.82, 2.24) is 10.6 Å². The minimum atomic E-state index is 0.774. The van der Waals surface area contributed by atoms with Gasteiger partial charge in [-0.05, 0) is 29.7 Å². The van der Waals surface area contributed by atoms with E-state index in [0.717, 1.165) is 39.2 Å². The summed E-state index contributed by atoms with van der Waals surface area (Å²) in [6.45, 7) is 4.75. The minimum absolute atomic E-state index is 0.774. The molecule has 0 fully saturated rings. The van der Waals surface area contributed by atoms with E-state index in [4.69, 9.17) is 4.74 Å². The van der Waals surface area contributed by atoms with Crippen LogP contribution in [0.3, 0.4) is 0 Å².